The van der Waals surface area contributed by atoms with E-state index in [1.54, 1.807) is 6.07 Å². The number of likely N-dealkylation sites (tertiary alicyclic amines) is 1. The Morgan fingerprint density at radius 2 is 1.92 bits per heavy atom. The molecule has 0 aliphatic carbocycles. The predicted octanol–water partition coefficient (Wildman–Crippen LogP) is 2.33. The zero-order chi connectivity index (χ0) is 17.9. The van der Waals surface area contributed by atoms with Gasteiger partial charge in [-0.15, -0.1) is 0 Å². The maximum Gasteiger partial charge on any atom is 0.255 e. The lowest BCUT2D eigenvalue weighted by atomic mass is 9.91. The standard InChI is InChI=1S/C17H23ClN2O4/c1-10-4-11(2)8-20(7-10)17(22)12-5-13(18)16(14(6-12)23-3)24-9-15(19)21/h5-6,10-11H,4,7-9H2,1-3H3,(H2,19,21)/t10-,11+. The molecule has 0 radical (unpaired) electrons. The molecule has 0 unspecified atom stereocenters. The van der Waals surface area contributed by atoms with Gasteiger partial charge in [0.15, 0.2) is 18.1 Å². The average molecular weight is 355 g/mol. The highest BCUT2D eigenvalue weighted by Crippen LogP contribution is 2.37. The minimum absolute atomic E-state index is 0.0879. The first-order valence-corrected chi connectivity index (χ1v) is 8.27. The number of carbonyl (C=O) groups is 2. The van der Waals surface area contributed by atoms with Gasteiger partial charge in [-0.05, 0) is 30.4 Å². The van der Waals surface area contributed by atoms with Gasteiger partial charge in [-0.2, -0.15) is 0 Å². The molecule has 1 heterocycles. The first kappa shape index (κ1) is 18.4. The predicted molar refractivity (Wildman–Crippen MR) is 91.5 cm³/mol. The van der Waals surface area contributed by atoms with Crippen molar-refractivity contribution in [3.05, 3.63) is 22.7 Å². The average Bonchev–Trinajstić information content (AvgIpc) is 2.51. The number of methoxy groups -OCH3 is 1. The quantitative estimate of drug-likeness (QED) is 0.879. The van der Waals surface area contributed by atoms with E-state index in [-0.39, 0.29) is 23.3 Å². The maximum absolute atomic E-state index is 12.8. The van der Waals surface area contributed by atoms with Crippen LogP contribution in [-0.4, -0.2) is 43.5 Å². The molecule has 0 aromatic heterocycles. The molecule has 132 valence electrons. The largest absolute Gasteiger partial charge is 0.493 e. The number of piperidine rings is 1. The van der Waals surface area contributed by atoms with Gasteiger partial charge in [-0.1, -0.05) is 25.4 Å². The van der Waals surface area contributed by atoms with Crippen molar-refractivity contribution in [1.82, 2.24) is 4.90 Å². The zero-order valence-corrected chi connectivity index (χ0v) is 14.9. The second kappa shape index (κ2) is 7.75. The van der Waals surface area contributed by atoms with Gasteiger partial charge in [0.2, 0.25) is 0 Å². The second-order valence-electron chi connectivity index (χ2n) is 6.40. The Kier molecular flexibility index (Phi) is 5.94. The van der Waals surface area contributed by atoms with E-state index in [0.29, 0.717) is 23.1 Å². The summed E-state index contributed by atoms with van der Waals surface area (Å²) in [5.41, 5.74) is 5.51. The Balaban J connectivity index is 2.25. The van der Waals surface area contributed by atoms with Crippen LogP contribution in [0.1, 0.15) is 30.6 Å². The van der Waals surface area contributed by atoms with Gasteiger partial charge in [0.1, 0.15) is 0 Å². The van der Waals surface area contributed by atoms with E-state index >= 15 is 0 Å². The van der Waals surface area contributed by atoms with Crippen LogP contribution >= 0.6 is 11.6 Å². The topological polar surface area (TPSA) is 81.9 Å². The van der Waals surface area contributed by atoms with E-state index in [2.05, 4.69) is 13.8 Å². The molecule has 0 spiro atoms. The summed E-state index contributed by atoms with van der Waals surface area (Å²) in [6.07, 6.45) is 1.12. The third kappa shape index (κ3) is 4.32. The van der Waals surface area contributed by atoms with E-state index in [0.717, 1.165) is 19.5 Å². The van der Waals surface area contributed by atoms with Crippen LogP contribution in [0.15, 0.2) is 12.1 Å². The fraction of sp³-hybridized carbons (Fsp3) is 0.529. The van der Waals surface area contributed by atoms with E-state index < -0.39 is 5.91 Å². The van der Waals surface area contributed by atoms with Gasteiger partial charge in [-0.25, -0.2) is 0 Å². The molecule has 7 heteroatoms. The van der Waals surface area contributed by atoms with E-state index in [4.69, 9.17) is 26.8 Å². The van der Waals surface area contributed by atoms with Gasteiger partial charge in [0, 0.05) is 18.7 Å². The number of rotatable bonds is 5. The van der Waals surface area contributed by atoms with E-state index in [1.807, 2.05) is 4.90 Å². The number of hydrogen-bond acceptors (Lipinski definition) is 4. The number of amides is 2. The molecule has 1 aliphatic rings. The highest BCUT2D eigenvalue weighted by molar-refractivity contribution is 6.32. The molecule has 1 aliphatic heterocycles. The third-order valence-electron chi connectivity index (χ3n) is 3.99. The van der Waals surface area contributed by atoms with Gasteiger partial charge in [0.05, 0.1) is 12.1 Å². The van der Waals surface area contributed by atoms with Crippen LogP contribution in [-0.2, 0) is 4.79 Å². The monoisotopic (exact) mass is 354 g/mol. The fourth-order valence-corrected chi connectivity index (χ4v) is 3.40. The van der Waals surface area contributed by atoms with Crippen molar-refractivity contribution >= 4 is 23.4 Å². The first-order valence-electron chi connectivity index (χ1n) is 7.89. The lowest BCUT2D eigenvalue weighted by molar-refractivity contribution is -0.119. The highest BCUT2D eigenvalue weighted by Gasteiger charge is 2.27. The third-order valence-corrected chi connectivity index (χ3v) is 4.27. The van der Waals surface area contributed by atoms with Crippen molar-refractivity contribution < 1.29 is 19.1 Å². The zero-order valence-electron chi connectivity index (χ0n) is 14.2. The van der Waals surface area contributed by atoms with Crippen molar-refractivity contribution in [3.8, 4) is 11.5 Å². The number of halogens is 1. The summed E-state index contributed by atoms with van der Waals surface area (Å²) in [5, 5.41) is 0.206. The number of primary amides is 1. The Hall–Kier alpha value is -1.95. The van der Waals surface area contributed by atoms with Crippen LogP contribution in [0.5, 0.6) is 11.5 Å². The normalized spacial score (nSPS) is 20.6. The lowest BCUT2D eigenvalue weighted by Gasteiger charge is -2.35. The molecule has 2 N–H and O–H groups in total. The van der Waals surface area contributed by atoms with Crippen molar-refractivity contribution in [2.45, 2.75) is 20.3 Å². The Morgan fingerprint density at radius 1 is 1.29 bits per heavy atom. The molecule has 2 rings (SSSR count). The number of nitrogens with zero attached hydrogens (tertiary/aromatic N) is 1. The molecule has 1 saturated heterocycles. The summed E-state index contributed by atoms with van der Waals surface area (Å²) >= 11 is 6.21. The summed E-state index contributed by atoms with van der Waals surface area (Å²) in [5.74, 6) is 0.723. The van der Waals surface area contributed by atoms with Crippen LogP contribution in [0, 0.1) is 11.8 Å². The number of hydrogen-bond donors (Lipinski definition) is 1. The summed E-state index contributed by atoms with van der Waals surface area (Å²) in [6, 6.07) is 3.11. The smallest absolute Gasteiger partial charge is 0.255 e. The number of benzene rings is 1. The Morgan fingerprint density at radius 3 is 2.46 bits per heavy atom. The van der Waals surface area contributed by atoms with Gasteiger partial charge >= 0.3 is 0 Å². The van der Waals surface area contributed by atoms with Crippen LogP contribution in [0.2, 0.25) is 5.02 Å². The molecule has 1 aromatic rings. The van der Waals surface area contributed by atoms with Crippen LogP contribution in [0.25, 0.3) is 0 Å². The number of nitrogens with two attached hydrogens (primary N) is 1. The van der Waals surface area contributed by atoms with Gasteiger partial charge < -0.3 is 20.1 Å². The Labute approximate surface area is 146 Å². The fourth-order valence-electron chi connectivity index (χ4n) is 3.14. The first-order chi connectivity index (χ1) is 11.3. The minimum atomic E-state index is -0.621. The summed E-state index contributed by atoms with van der Waals surface area (Å²) < 4.78 is 10.5. The molecular formula is C17H23ClN2O4. The molecule has 6 nitrogen and oxygen atoms in total. The van der Waals surface area contributed by atoms with Gasteiger partial charge in [-0.3, -0.25) is 9.59 Å². The minimum Gasteiger partial charge on any atom is -0.493 e. The highest BCUT2D eigenvalue weighted by atomic mass is 35.5. The van der Waals surface area contributed by atoms with E-state index in [9.17, 15) is 9.59 Å². The second-order valence-corrected chi connectivity index (χ2v) is 6.81. The summed E-state index contributed by atoms with van der Waals surface area (Å²) in [6.45, 7) is 5.42. The van der Waals surface area contributed by atoms with E-state index in [1.165, 1.54) is 13.2 Å². The molecule has 0 bridgehead atoms. The number of ether oxygens (including phenoxy) is 2. The molecule has 24 heavy (non-hydrogen) atoms. The molecule has 2 atom stereocenters. The summed E-state index contributed by atoms with van der Waals surface area (Å²) in [7, 11) is 1.45. The van der Waals surface area contributed by atoms with Gasteiger partial charge in [0.25, 0.3) is 11.8 Å². The van der Waals surface area contributed by atoms with Crippen LogP contribution in [0.3, 0.4) is 0 Å². The van der Waals surface area contributed by atoms with Crippen molar-refractivity contribution in [3.63, 3.8) is 0 Å². The number of carbonyl (C=O) groups excluding carboxylic acids is 2. The lowest BCUT2D eigenvalue weighted by Crippen LogP contribution is -2.42. The van der Waals surface area contributed by atoms with Crippen molar-refractivity contribution in [2.24, 2.45) is 17.6 Å². The molecule has 1 fully saturated rings. The molecule has 0 saturated carbocycles. The maximum atomic E-state index is 12.8. The SMILES string of the molecule is COc1cc(C(=O)N2C[C@H](C)C[C@H](C)C2)cc(Cl)c1OCC(N)=O. The Bertz CT molecular complexity index is 625. The molecule has 1 aromatic carbocycles. The molecule has 2 amide bonds. The van der Waals surface area contributed by atoms with Crippen LogP contribution < -0.4 is 15.2 Å². The van der Waals surface area contributed by atoms with Crippen LogP contribution in [0.4, 0.5) is 0 Å². The summed E-state index contributed by atoms with van der Waals surface area (Å²) in [4.78, 5) is 25.5. The van der Waals surface area contributed by atoms with Crippen molar-refractivity contribution in [2.75, 3.05) is 26.8 Å². The molecular weight excluding hydrogens is 332 g/mol. The van der Waals surface area contributed by atoms with Crippen molar-refractivity contribution in [1.29, 1.82) is 0 Å².